The van der Waals surface area contributed by atoms with Crippen LogP contribution < -0.4 is 5.32 Å². The average molecular weight is 320 g/mol. The van der Waals surface area contributed by atoms with Crippen LogP contribution in [0.3, 0.4) is 0 Å². The van der Waals surface area contributed by atoms with Crippen LogP contribution in [0.1, 0.15) is 57.8 Å². The molecule has 0 unspecified atom stereocenters. The van der Waals surface area contributed by atoms with Crippen LogP contribution >= 0.6 is 15.9 Å². The lowest BCUT2D eigenvalue weighted by Crippen LogP contribution is -2.26. The van der Waals surface area contributed by atoms with Gasteiger partial charge in [0, 0.05) is 24.9 Å². The van der Waals surface area contributed by atoms with Crippen molar-refractivity contribution in [1.29, 1.82) is 0 Å². The first kappa shape index (κ1) is 16.0. The van der Waals surface area contributed by atoms with Crippen molar-refractivity contribution in [2.24, 2.45) is 0 Å². The van der Waals surface area contributed by atoms with Crippen molar-refractivity contribution in [1.82, 2.24) is 5.32 Å². The van der Waals surface area contributed by atoms with E-state index >= 15 is 0 Å². The summed E-state index contributed by atoms with van der Waals surface area (Å²) in [6.45, 7) is 1.53. The van der Waals surface area contributed by atoms with E-state index in [0.717, 1.165) is 37.7 Å². The zero-order valence-corrected chi connectivity index (χ0v) is 12.8. The smallest absolute Gasteiger partial charge is 0.219 e. The average Bonchev–Trinajstić information content (AvgIpc) is 2.40. The first-order chi connectivity index (χ1) is 8.83. The number of nitrogens with one attached hydrogen (secondary N) is 1. The van der Waals surface area contributed by atoms with Gasteiger partial charge in [-0.15, -0.1) is 0 Å². The van der Waals surface area contributed by atoms with Crippen LogP contribution in [0.2, 0.25) is 0 Å². The summed E-state index contributed by atoms with van der Waals surface area (Å²) in [6.07, 6.45) is 10.5. The molecule has 0 heterocycles. The maximum absolute atomic E-state index is 11.4. The highest BCUT2D eigenvalue weighted by atomic mass is 79.9. The molecule has 0 saturated heterocycles. The van der Waals surface area contributed by atoms with Gasteiger partial charge < -0.3 is 10.1 Å². The molecule has 1 aliphatic carbocycles. The summed E-state index contributed by atoms with van der Waals surface area (Å²) in [7, 11) is 0. The molecule has 1 N–H and O–H groups in total. The molecule has 0 atom stereocenters. The van der Waals surface area contributed by atoms with E-state index in [2.05, 4.69) is 21.2 Å². The van der Waals surface area contributed by atoms with E-state index in [1.54, 1.807) is 0 Å². The van der Waals surface area contributed by atoms with Gasteiger partial charge in [-0.05, 0) is 32.1 Å². The van der Waals surface area contributed by atoms with Gasteiger partial charge in [-0.3, -0.25) is 4.79 Å². The summed E-state index contributed by atoms with van der Waals surface area (Å²) in [6, 6.07) is 0. The molecule has 1 aliphatic rings. The van der Waals surface area contributed by atoms with E-state index in [1.165, 1.54) is 32.1 Å². The number of carbonyl (C=O) groups is 1. The fourth-order valence-electron chi connectivity index (χ4n) is 2.25. The maximum atomic E-state index is 11.4. The Morgan fingerprint density at radius 3 is 2.67 bits per heavy atom. The van der Waals surface area contributed by atoms with Crippen molar-refractivity contribution in [3.8, 4) is 0 Å². The lowest BCUT2D eigenvalue weighted by atomic mass is 9.98. The van der Waals surface area contributed by atoms with E-state index in [1.807, 2.05) is 0 Å². The molecule has 0 aromatic carbocycles. The highest BCUT2D eigenvalue weighted by molar-refractivity contribution is 9.09. The number of hydrogen-bond donors (Lipinski definition) is 1. The Morgan fingerprint density at radius 2 is 1.94 bits per heavy atom. The maximum Gasteiger partial charge on any atom is 0.219 e. The van der Waals surface area contributed by atoms with E-state index in [0.29, 0.717) is 12.5 Å². The zero-order valence-electron chi connectivity index (χ0n) is 11.3. The van der Waals surface area contributed by atoms with Crippen molar-refractivity contribution in [2.45, 2.75) is 63.9 Å². The second kappa shape index (κ2) is 10.8. The minimum absolute atomic E-state index is 0.175. The van der Waals surface area contributed by atoms with Crippen molar-refractivity contribution in [2.75, 3.05) is 18.5 Å². The van der Waals surface area contributed by atoms with Gasteiger partial charge in [0.25, 0.3) is 0 Å². The van der Waals surface area contributed by atoms with Crippen LogP contribution in [0, 0.1) is 0 Å². The van der Waals surface area contributed by atoms with Crippen LogP contribution in [0.15, 0.2) is 0 Å². The summed E-state index contributed by atoms with van der Waals surface area (Å²) < 4.78 is 5.81. The number of rotatable bonds is 9. The number of halogens is 1. The highest BCUT2D eigenvalue weighted by Crippen LogP contribution is 2.20. The van der Waals surface area contributed by atoms with Crippen LogP contribution in [0.25, 0.3) is 0 Å². The highest BCUT2D eigenvalue weighted by Gasteiger charge is 2.12. The summed E-state index contributed by atoms with van der Waals surface area (Å²) >= 11 is 3.36. The second-order valence-corrected chi connectivity index (χ2v) is 5.77. The Bertz CT molecular complexity index is 218. The number of alkyl halides is 1. The normalized spacial score (nSPS) is 16.7. The topological polar surface area (TPSA) is 38.3 Å². The number of amides is 1. The molecule has 1 fully saturated rings. The molecular formula is C14H26BrNO2. The molecule has 0 radical (unpaired) electrons. The number of ether oxygens (including phenoxy) is 1. The number of hydrogen-bond acceptors (Lipinski definition) is 2. The van der Waals surface area contributed by atoms with Gasteiger partial charge in [-0.1, -0.05) is 35.2 Å². The minimum Gasteiger partial charge on any atom is -0.378 e. The predicted octanol–water partition coefficient (Wildman–Crippen LogP) is 3.41. The SMILES string of the molecule is O=C(CCCCBr)NCCCOC1CCCCC1. The molecule has 106 valence electrons. The Balaban J connectivity index is 1.86. The molecule has 0 bridgehead atoms. The van der Waals surface area contributed by atoms with Gasteiger partial charge in [-0.25, -0.2) is 0 Å². The molecule has 1 amide bonds. The third kappa shape index (κ3) is 8.09. The predicted molar refractivity (Wildman–Crippen MR) is 78.1 cm³/mol. The zero-order chi connectivity index (χ0) is 13.1. The second-order valence-electron chi connectivity index (χ2n) is 4.98. The van der Waals surface area contributed by atoms with Crippen molar-refractivity contribution in [3.63, 3.8) is 0 Å². The standard InChI is InChI=1S/C14H26BrNO2/c15-10-5-4-9-14(17)16-11-6-12-18-13-7-2-1-3-8-13/h13H,1-12H2,(H,16,17). The van der Waals surface area contributed by atoms with Crippen LogP contribution in [0.5, 0.6) is 0 Å². The first-order valence-electron chi connectivity index (χ1n) is 7.27. The van der Waals surface area contributed by atoms with Crippen LogP contribution in [-0.4, -0.2) is 30.5 Å². The van der Waals surface area contributed by atoms with Gasteiger partial charge in [0.05, 0.1) is 6.10 Å². The summed E-state index contributed by atoms with van der Waals surface area (Å²) in [5, 5.41) is 3.93. The van der Waals surface area contributed by atoms with Crippen molar-refractivity contribution < 1.29 is 9.53 Å². The fourth-order valence-corrected chi connectivity index (χ4v) is 2.65. The van der Waals surface area contributed by atoms with Gasteiger partial charge >= 0.3 is 0 Å². The van der Waals surface area contributed by atoms with E-state index in [-0.39, 0.29) is 5.91 Å². The third-order valence-corrected chi connectivity index (χ3v) is 3.90. The molecule has 0 spiro atoms. The molecule has 18 heavy (non-hydrogen) atoms. The number of carbonyl (C=O) groups excluding carboxylic acids is 1. The Labute approximate surface area is 119 Å². The van der Waals surface area contributed by atoms with Gasteiger partial charge in [0.1, 0.15) is 0 Å². The fraction of sp³-hybridized carbons (Fsp3) is 0.929. The lowest BCUT2D eigenvalue weighted by molar-refractivity contribution is -0.121. The van der Waals surface area contributed by atoms with Gasteiger partial charge in [0.15, 0.2) is 0 Å². The molecular weight excluding hydrogens is 294 g/mol. The third-order valence-electron chi connectivity index (χ3n) is 3.34. The summed E-state index contributed by atoms with van der Waals surface area (Å²) in [4.78, 5) is 11.4. The molecule has 0 aromatic heterocycles. The van der Waals surface area contributed by atoms with Crippen LogP contribution in [-0.2, 0) is 9.53 Å². The Hall–Kier alpha value is -0.0900. The molecule has 1 rings (SSSR count). The minimum atomic E-state index is 0.175. The van der Waals surface area contributed by atoms with E-state index < -0.39 is 0 Å². The Morgan fingerprint density at radius 1 is 1.17 bits per heavy atom. The lowest BCUT2D eigenvalue weighted by Gasteiger charge is -2.21. The molecule has 0 aliphatic heterocycles. The largest absolute Gasteiger partial charge is 0.378 e. The van der Waals surface area contributed by atoms with Gasteiger partial charge in [0.2, 0.25) is 5.91 Å². The first-order valence-corrected chi connectivity index (χ1v) is 8.39. The van der Waals surface area contributed by atoms with Crippen molar-refractivity contribution in [3.05, 3.63) is 0 Å². The molecule has 4 heteroatoms. The molecule has 3 nitrogen and oxygen atoms in total. The van der Waals surface area contributed by atoms with Crippen molar-refractivity contribution >= 4 is 21.8 Å². The van der Waals surface area contributed by atoms with Crippen LogP contribution in [0.4, 0.5) is 0 Å². The molecule has 0 aromatic rings. The number of unbranched alkanes of at least 4 members (excludes halogenated alkanes) is 1. The van der Waals surface area contributed by atoms with E-state index in [4.69, 9.17) is 4.74 Å². The summed E-state index contributed by atoms with van der Waals surface area (Å²) in [5.74, 6) is 0.175. The quantitative estimate of drug-likeness (QED) is 0.522. The van der Waals surface area contributed by atoms with E-state index in [9.17, 15) is 4.79 Å². The van der Waals surface area contributed by atoms with Gasteiger partial charge in [-0.2, -0.15) is 0 Å². The summed E-state index contributed by atoms with van der Waals surface area (Å²) in [5.41, 5.74) is 0. The molecule has 1 saturated carbocycles. The monoisotopic (exact) mass is 319 g/mol. The Kier molecular flexibility index (Phi) is 9.58.